The molecule has 0 bridgehead atoms. The fourth-order valence-electron chi connectivity index (χ4n) is 1.82. The molecule has 0 aromatic heterocycles. The fourth-order valence-corrected chi connectivity index (χ4v) is 2.29. The molecule has 1 N–H and O–H groups in total. The molecule has 0 saturated heterocycles. The third kappa shape index (κ3) is 3.36. The molecule has 0 radical (unpaired) electrons. The van der Waals surface area contributed by atoms with Crippen LogP contribution < -0.4 is 5.32 Å². The standard InChI is InChI=1S/C15H13BrFNO2/c1-20-15(19)14(18-11-5-3-2-4-6-11)12-9-10(17)7-8-13(12)16/h2-9,14,18H,1H3. The maximum atomic E-state index is 13.4. The highest BCUT2D eigenvalue weighted by atomic mass is 79.9. The smallest absolute Gasteiger partial charge is 0.333 e. The molecule has 0 fully saturated rings. The number of halogens is 2. The number of anilines is 1. The first-order valence-electron chi connectivity index (χ1n) is 5.96. The van der Waals surface area contributed by atoms with Crippen molar-refractivity contribution in [2.75, 3.05) is 12.4 Å². The number of rotatable bonds is 4. The Hall–Kier alpha value is -1.88. The van der Waals surface area contributed by atoms with Crippen LogP contribution in [0.4, 0.5) is 10.1 Å². The quantitative estimate of drug-likeness (QED) is 0.859. The number of carbonyl (C=O) groups is 1. The molecule has 3 nitrogen and oxygen atoms in total. The monoisotopic (exact) mass is 337 g/mol. The summed E-state index contributed by atoms with van der Waals surface area (Å²) in [6, 6.07) is 12.6. The number of nitrogens with one attached hydrogen (secondary N) is 1. The van der Waals surface area contributed by atoms with Gasteiger partial charge in [-0.3, -0.25) is 0 Å². The van der Waals surface area contributed by atoms with Gasteiger partial charge in [-0.2, -0.15) is 0 Å². The first-order valence-corrected chi connectivity index (χ1v) is 6.75. The molecule has 0 saturated carbocycles. The molecule has 0 aliphatic rings. The molecular formula is C15H13BrFNO2. The van der Waals surface area contributed by atoms with Crippen LogP contribution in [0.1, 0.15) is 11.6 Å². The van der Waals surface area contributed by atoms with Gasteiger partial charge in [-0.25, -0.2) is 9.18 Å². The van der Waals surface area contributed by atoms with Crippen LogP contribution in [0.5, 0.6) is 0 Å². The third-order valence-electron chi connectivity index (χ3n) is 2.79. The molecule has 1 atom stereocenters. The van der Waals surface area contributed by atoms with E-state index in [9.17, 15) is 9.18 Å². The van der Waals surface area contributed by atoms with Gasteiger partial charge in [0, 0.05) is 15.7 Å². The van der Waals surface area contributed by atoms with Crippen LogP contribution in [-0.2, 0) is 9.53 Å². The fraction of sp³-hybridized carbons (Fsp3) is 0.133. The minimum absolute atomic E-state index is 0.410. The van der Waals surface area contributed by atoms with Crippen molar-refractivity contribution in [1.82, 2.24) is 0 Å². The topological polar surface area (TPSA) is 38.3 Å². The average molecular weight is 338 g/mol. The van der Waals surface area contributed by atoms with Gasteiger partial charge in [0.05, 0.1) is 7.11 Å². The summed E-state index contributed by atoms with van der Waals surface area (Å²) in [6.07, 6.45) is 0. The SMILES string of the molecule is COC(=O)C(Nc1ccccc1)c1cc(F)ccc1Br. The number of ether oxygens (including phenoxy) is 1. The maximum absolute atomic E-state index is 13.4. The Bertz CT molecular complexity index is 604. The highest BCUT2D eigenvalue weighted by molar-refractivity contribution is 9.10. The summed E-state index contributed by atoms with van der Waals surface area (Å²) in [5.74, 6) is -0.896. The van der Waals surface area contributed by atoms with E-state index in [-0.39, 0.29) is 0 Å². The number of hydrogen-bond acceptors (Lipinski definition) is 3. The molecule has 104 valence electrons. The van der Waals surface area contributed by atoms with Gasteiger partial charge in [-0.1, -0.05) is 34.1 Å². The summed E-state index contributed by atoms with van der Waals surface area (Å²) >= 11 is 3.33. The summed E-state index contributed by atoms with van der Waals surface area (Å²) in [5, 5.41) is 3.04. The predicted octanol–water partition coefficient (Wildman–Crippen LogP) is 3.91. The van der Waals surface area contributed by atoms with Crippen LogP contribution >= 0.6 is 15.9 Å². The van der Waals surface area contributed by atoms with Crippen molar-refractivity contribution >= 4 is 27.6 Å². The summed E-state index contributed by atoms with van der Waals surface area (Å²) in [5.41, 5.74) is 1.24. The third-order valence-corrected chi connectivity index (χ3v) is 3.51. The van der Waals surface area contributed by atoms with E-state index in [0.29, 0.717) is 10.0 Å². The van der Waals surface area contributed by atoms with Crippen molar-refractivity contribution < 1.29 is 13.9 Å². The van der Waals surface area contributed by atoms with Gasteiger partial charge in [0.15, 0.2) is 6.04 Å². The van der Waals surface area contributed by atoms with Crippen molar-refractivity contribution in [2.24, 2.45) is 0 Å². The number of benzene rings is 2. The lowest BCUT2D eigenvalue weighted by Gasteiger charge is -2.19. The summed E-state index contributed by atoms with van der Waals surface area (Å²) in [7, 11) is 1.30. The van der Waals surface area contributed by atoms with Crippen LogP contribution in [0.3, 0.4) is 0 Å². The molecule has 5 heteroatoms. The molecule has 0 aliphatic heterocycles. The van der Waals surface area contributed by atoms with E-state index >= 15 is 0 Å². The van der Waals surface area contributed by atoms with Gasteiger partial charge >= 0.3 is 5.97 Å². The van der Waals surface area contributed by atoms with E-state index in [2.05, 4.69) is 21.2 Å². The van der Waals surface area contributed by atoms with Gasteiger partial charge in [-0.15, -0.1) is 0 Å². The van der Waals surface area contributed by atoms with E-state index in [4.69, 9.17) is 4.74 Å². The van der Waals surface area contributed by atoms with Crippen molar-refractivity contribution in [2.45, 2.75) is 6.04 Å². The van der Waals surface area contributed by atoms with Crippen LogP contribution in [0, 0.1) is 5.82 Å². The second kappa shape index (κ2) is 6.52. The molecule has 2 rings (SSSR count). The minimum Gasteiger partial charge on any atom is -0.467 e. The van der Waals surface area contributed by atoms with Crippen molar-refractivity contribution in [3.05, 3.63) is 64.4 Å². The Morgan fingerprint density at radius 1 is 1.25 bits per heavy atom. The van der Waals surface area contributed by atoms with Gasteiger partial charge in [0.2, 0.25) is 0 Å². The molecule has 0 amide bonds. The molecule has 0 spiro atoms. The van der Waals surface area contributed by atoms with Gasteiger partial charge in [0.25, 0.3) is 0 Å². The lowest BCUT2D eigenvalue weighted by atomic mass is 10.1. The van der Waals surface area contributed by atoms with Gasteiger partial charge in [0.1, 0.15) is 5.82 Å². The normalized spacial score (nSPS) is 11.8. The van der Waals surface area contributed by atoms with Crippen molar-refractivity contribution in [1.29, 1.82) is 0 Å². The summed E-state index contributed by atoms with van der Waals surface area (Å²) < 4.78 is 18.8. The lowest BCUT2D eigenvalue weighted by molar-refractivity contribution is -0.141. The highest BCUT2D eigenvalue weighted by Gasteiger charge is 2.24. The summed E-state index contributed by atoms with van der Waals surface area (Å²) in [6.45, 7) is 0. The number of para-hydroxylation sites is 1. The Morgan fingerprint density at radius 2 is 1.95 bits per heavy atom. The Balaban J connectivity index is 2.37. The zero-order chi connectivity index (χ0) is 14.5. The first-order chi connectivity index (χ1) is 9.61. The number of methoxy groups -OCH3 is 1. The molecule has 1 unspecified atom stereocenters. The maximum Gasteiger partial charge on any atom is 0.333 e. The van der Waals surface area contributed by atoms with Crippen LogP contribution in [0.15, 0.2) is 53.0 Å². The van der Waals surface area contributed by atoms with E-state index in [1.807, 2.05) is 30.3 Å². The lowest BCUT2D eigenvalue weighted by Crippen LogP contribution is -2.22. The van der Waals surface area contributed by atoms with Crippen molar-refractivity contribution in [3.8, 4) is 0 Å². The Labute approximate surface area is 124 Å². The van der Waals surface area contributed by atoms with Gasteiger partial charge < -0.3 is 10.1 Å². The molecule has 2 aromatic carbocycles. The van der Waals surface area contributed by atoms with Crippen LogP contribution in [0.25, 0.3) is 0 Å². The van der Waals surface area contributed by atoms with Gasteiger partial charge in [-0.05, 0) is 30.3 Å². The minimum atomic E-state index is -0.785. The molecule has 0 aliphatic carbocycles. The van der Waals surface area contributed by atoms with Crippen molar-refractivity contribution in [3.63, 3.8) is 0 Å². The number of esters is 1. The number of carbonyl (C=O) groups excluding carboxylic acids is 1. The number of hydrogen-bond donors (Lipinski definition) is 1. The first kappa shape index (κ1) is 14.5. The Kier molecular flexibility index (Phi) is 4.74. The summed E-state index contributed by atoms with van der Waals surface area (Å²) in [4.78, 5) is 12.0. The largest absolute Gasteiger partial charge is 0.467 e. The molecule has 0 heterocycles. The zero-order valence-electron chi connectivity index (χ0n) is 10.8. The second-order valence-electron chi connectivity index (χ2n) is 4.13. The molecular weight excluding hydrogens is 325 g/mol. The molecule has 20 heavy (non-hydrogen) atoms. The van der Waals surface area contributed by atoms with E-state index in [0.717, 1.165) is 5.69 Å². The Morgan fingerprint density at radius 3 is 2.60 bits per heavy atom. The van der Waals surface area contributed by atoms with Crippen LogP contribution in [-0.4, -0.2) is 13.1 Å². The average Bonchev–Trinajstić information content (AvgIpc) is 2.48. The van der Waals surface area contributed by atoms with Crippen LogP contribution in [0.2, 0.25) is 0 Å². The highest BCUT2D eigenvalue weighted by Crippen LogP contribution is 2.28. The zero-order valence-corrected chi connectivity index (χ0v) is 12.4. The molecule has 2 aromatic rings. The van der Waals surface area contributed by atoms with E-state index in [1.165, 1.54) is 19.2 Å². The van der Waals surface area contributed by atoms with E-state index < -0.39 is 17.8 Å². The second-order valence-corrected chi connectivity index (χ2v) is 4.99. The van der Waals surface area contributed by atoms with E-state index in [1.54, 1.807) is 6.07 Å². The predicted molar refractivity (Wildman–Crippen MR) is 78.9 cm³/mol.